The van der Waals surface area contributed by atoms with Crippen molar-refractivity contribution in [2.75, 3.05) is 6.54 Å². The van der Waals surface area contributed by atoms with Gasteiger partial charge in [0.1, 0.15) is 0 Å². The second-order valence-corrected chi connectivity index (χ2v) is 5.65. The fourth-order valence-electron chi connectivity index (χ4n) is 2.65. The molecule has 0 aliphatic rings. The normalized spacial score (nSPS) is 10.8. The van der Waals surface area contributed by atoms with Crippen LogP contribution in [-0.4, -0.2) is 6.54 Å². The molecule has 0 heterocycles. The molecule has 106 valence electrons. The maximum absolute atomic E-state index is 3.59. The molecule has 0 fully saturated rings. The molecular weight excluding hydrogens is 242 g/mol. The second kappa shape index (κ2) is 6.71. The third kappa shape index (κ3) is 3.49. The molecule has 0 bridgehead atoms. The van der Waals surface area contributed by atoms with Gasteiger partial charge in [0.15, 0.2) is 0 Å². The molecule has 0 spiro atoms. The zero-order valence-electron chi connectivity index (χ0n) is 13.1. The van der Waals surface area contributed by atoms with E-state index in [4.69, 9.17) is 0 Å². The number of hydrogen-bond acceptors (Lipinski definition) is 1. The number of aryl methyl sites for hydroxylation is 2. The largest absolute Gasteiger partial charge is 0.312 e. The van der Waals surface area contributed by atoms with Crippen LogP contribution in [0.2, 0.25) is 0 Å². The van der Waals surface area contributed by atoms with Crippen molar-refractivity contribution in [1.29, 1.82) is 0 Å². The van der Waals surface area contributed by atoms with Crippen LogP contribution in [0.25, 0.3) is 0 Å². The van der Waals surface area contributed by atoms with Crippen molar-refractivity contribution in [2.45, 2.75) is 40.7 Å². The SMILES string of the molecule is Cc1cc(C)c(C)c(CNCCc2ccccc2)c1C. The summed E-state index contributed by atoms with van der Waals surface area (Å²) >= 11 is 0. The summed E-state index contributed by atoms with van der Waals surface area (Å²) in [7, 11) is 0. The molecule has 2 rings (SSSR count). The van der Waals surface area contributed by atoms with Crippen LogP contribution in [0.1, 0.15) is 33.4 Å². The van der Waals surface area contributed by atoms with Gasteiger partial charge in [0.2, 0.25) is 0 Å². The predicted octanol–water partition coefficient (Wildman–Crippen LogP) is 4.25. The van der Waals surface area contributed by atoms with Gasteiger partial charge in [-0.3, -0.25) is 0 Å². The lowest BCUT2D eigenvalue weighted by Gasteiger charge is -2.16. The van der Waals surface area contributed by atoms with E-state index >= 15 is 0 Å². The van der Waals surface area contributed by atoms with Crippen LogP contribution in [0.5, 0.6) is 0 Å². The van der Waals surface area contributed by atoms with E-state index < -0.39 is 0 Å². The van der Waals surface area contributed by atoms with Crippen molar-refractivity contribution in [3.8, 4) is 0 Å². The Hall–Kier alpha value is -1.60. The average Bonchev–Trinajstić information content (AvgIpc) is 2.45. The molecule has 1 nitrogen and oxygen atoms in total. The number of rotatable bonds is 5. The summed E-state index contributed by atoms with van der Waals surface area (Å²) in [4.78, 5) is 0. The third-order valence-corrected chi connectivity index (χ3v) is 4.26. The molecule has 1 N–H and O–H groups in total. The zero-order valence-corrected chi connectivity index (χ0v) is 13.1. The maximum Gasteiger partial charge on any atom is 0.0211 e. The molecule has 0 unspecified atom stereocenters. The lowest BCUT2D eigenvalue weighted by atomic mass is 9.94. The van der Waals surface area contributed by atoms with E-state index in [1.165, 1.54) is 33.4 Å². The quantitative estimate of drug-likeness (QED) is 0.798. The molecule has 0 atom stereocenters. The standard InChI is InChI=1S/C19H25N/c1-14-12-15(2)17(4)19(16(14)3)13-20-11-10-18-8-6-5-7-9-18/h5-9,12,20H,10-11,13H2,1-4H3. The Morgan fingerprint density at radius 2 is 1.45 bits per heavy atom. The first kappa shape index (κ1) is 14.8. The monoisotopic (exact) mass is 267 g/mol. The molecule has 0 saturated carbocycles. The van der Waals surface area contributed by atoms with Gasteiger partial charge >= 0.3 is 0 Å². The molecular formula is C19H25N. The first-order valence-corrected chi connectivity index (χ1v) is 7.40. The minimum atomic E-state index is 0.965. The second-order valence-electron chi connectivity index (χ2n) is 5.65. The lowest BCUT2D eigenvalue weighted by molar-refractivity contribution is 0.681. The van der Waals surface area contributed by atoms with Gasteiger partial charge in [0.05, 0.1) is 0 Å². The van der Waals surface area contributed by atoms with Gasteiger partial charge in [0.25, 0.3) is 0 Å². The van der Waals surface area contributed by atoms with Crippen LogP contribution in [0, 0.1) is 27.7 Å². The van der Waals surface area contributed by atoms with Crippen molar-refractivity contribution in [3.05, 3.63) is 69.8 Å². The van der Waals surface area contributed by atoms with Crippen LogP contribution >= 0.6 is 0 Å². The van der Waals surface area contributed by atoms with Crippen molar-refractivity contribution < 1.29 is 0 Å². The predicted molar refractivity (Wildman–Crippen MR) is 87.2 cm³/mol. The Morgan fingerprint density at radius 1 is 0.850 bits per heavy atom. The molecule has 0 radical (unpaired) electrons. The first-order valence-electron chi connectivity index (χ1n) is 7.40. The topological polar surface area (TPSA) is 12.0 Å². The summed E-state index contributed by atoms with van der Waals surface area (Å²) in [6, 6.07) is 12.9. The molecule has 0 aromatic heterocycles. The highest BCUT2D eigenvalue weighted by atomic mass is 14.8. The lowest BCUT2D eigenvalue weighted by Crippen LogP contribution is -2.18. The highest BCUT2D eigenvalue weighted by Gasteiger charge is 2.07. The Bertz CT molecular complexity index is 544. The van der Waals surface area contributed by atoms with Crippen molar-refractivity contribution in [1.82, 2.24) is 5.32 Å². The minimum Gasteiger partial charge on any atom is -0.312 e. The van der Waals surface area contributed by atoms with Gasteiger partial charge in [-0.15, -0.1) is 0 Å². The Labute approximate surface area is 123 Å². The first-order chi connectivity index (χ1) is 9.59. The molecule has 0 saturated heterocycles. The van der Waals surface area contributed by atoms with Gasteiger partial charge < -0.3 is 5.32 Å². The number of benzene rings is 2. The smallest absolute Gasteiger partial charge is 0.0211 e. The van der Waals surface area contributed by atoms with Crippen LogP contribution in [0.15, 0.2) is 36.4 Å². The third-order valence-electron chi connectivity index (χ3n) is 4.26. The highest BCUT2D eigenvalue weighted by Crippen LogP contribution is 2.21. The summed E-state index contributed by atoms with van der Waals surface area (Å²) in [5, 5.41) is 3.59. The van der Waals surface area contributed by atoms with E-state index in [-0.39, 0.29) is 0 Å². The van der Waals surface area contributed by atoms with Gasteiger partial charge in [-0.2, -0.15) is 0 Å². The summed E-state index contributed by atoms with van der Waals surface area (Å²) in [6.07, 6.45) is 1.09. The number of hydrogen-bond donors (Lipinski definition) is 1. The molecule has 2 aromatic carbocycles. The summed E-state index contributed by atoms with van der Waals surface area (Å²) < 4.78 is 0. The van der Waals surface area contributed by atoms with Gasteiger partial charge in [-0.05, 0) is 74.0 Å². The molecule has 1 heteroatoms. The van der Waals surface area contributed by atoms with Crippen LogP contribution in [0.4, 0.5) is 0 Å². The van der Waals surface area contributed by atoms with Crippen molar-refractivity contribution in [2.24, 2.45) is 0 Å². The van der Waals surface area contributed by atoms with E-state index in [0.29, 0.717) is 0 Å². The molecule has 20 heavy (non-hydrogen) atoms. The Kier molecular flexibility index (Phi) is 4.97. The fourth-order valence-corrected chi connectivity index (χ4v) is 2.65. The Morgan fingerprint density at radius 3 is 2.05 bits per heavy atom. The molecule has 2 aromatic rings. The Balaban J connectivity index is 1.95. The average molecular weight is 267 g/mol. The van der Waals surface area contributed by atoms with E-state index in [1.807, 2.05) is 0 Å². The van der Waals surface area contributed by atoms with Gasteiger partial charge in [-0.1, -0.05) is 36.4 Å². The van der Waals surface area contributed by atoms with E-state index in [0.717, 1.165) is 19.5 Å². The highest BCUT2D eigenvalue weighted by molar-refractivity contribution is 5.43. The summed E-state index contributed by atoms with van der Waals surface area (Å²) in [5.41, 5.74) is 8.52. The molecule has 0 aliphatic heterocycles. The maximum atomic E-state index is 3.59. The molecule has 0 amide bonds. The van der Waals surface area contributed by atoms with Crippen LogP contribution in [-0.2, 0) is 13.0 Å². The van der Waals surface area contributed by atoms with Gasteiger partial charge in [0, 0.05) is 6.54 Å². The van der Waals surface area contributed by atoms with Crippen molar-refractivity contribution in [3.63, 3.8) is 0 Å². The van der Waals surface area contributed by atoms with E-state index in [2.05, 4.69) is 69.4 Å². The number of nitrogens with one attached hydrogen (secondary N) is 1. The van der Waals surface area contributed by atoms with Crippen molar-refractivity contribution >= 4 is 0 Å². The van der Waals surface area contributed by atoms with Gasteiger partial charge in [-0.25, -0.2) is 0 Å². The molecule has 0 aliphatic carbocycles. The van der Waals surface area contributed by atoms with Crippen LogP contribution < -0.4 is 5.32 Å². The summed E-state index contributed by atoms with van der Waals surface area (Å²) in [6.45, 7) is 10.9. The minimum absolute atomic E-state index is 0.965. The zero-order chi connectivity index (χ0) is 14.5. The summed E-state index contributed by atoms with van der Waals surface area (Å²) in [5.74, 6) is 0. The van der Waals surface area contributed by atoms with Crippen LogP contribution in [0.3, 0.4) is 0 Å². The van der Waals surface area contributed by atoms with E-state index in [1.54, 1.807) is 0 Å². The fraction of sp³-hybridized carbons (Fsp3) is 0.368. The van der Waals surface area contributed by atoms with E-state index in [9.17, 15) is 0 Å².